The van der Waals surface area contributed by atoms with Crippen molar-refractivity contribution in [3.8, 4) is 16.3 Å². The Labute approximate surface area is 169 Å². The molecule has 8 nitrogen and oxygen atoms in total. The summed E-state index contributed by atoms with van der Waals surface area (Å²) in [7, 11) is 0. The standard InChI is InChI=1S/C20H16N2O6S/c1-12-18(29-19(21-12)13-5-3-2-4-6-13)20(23)27-10-15-8-16(22(24)25)7-14-9-26-11-28-17(14)15/h2-8H,9-11H2,1H3. The lowest BCUT2D eigenvalue weighted by Gasteiger charge is -2.20. The number of aryl methyl sites for hydroxylation is 1. The van der Waals surface area contributed by atoms with Gasteiger partial charge < -0.3 is 14.2 Å². The molecule has 3 aromatic rings. The van der Waals surface area contributed by atoms with Crippen molar-refractivity contribution in [3.05, 3.63) is 74.3 Å². The molecule has 0 radical (unpaired) electrons. The second-order valence-corrected chi connectivity index (χ2v) is 7.34. The number of non-ortho nitro benzene ring substituents is 1. The third-order valence-corrected chi connectivity index (χ3v) is 5.53. The molecule has 4 rings (SSSR count). The first-order valence-corrected chi connectivity index (χ1v) is 9.55. The maximum atomic E-state index is 12.6. The van der Waals surface area contributed by atoms with Crippen LogP contribution in [0.2, 0.25) is 0 Å². The van der Waals surface area contributed by atoms with Gasteiger partial charge in [0.25, 0.3) is 5.69 Å². The van der Waals surface area contributed by atoms with Gasteiger partial charge in [-0.25, -0.2) is 9.78 Å². The fraction of sp³-hybridized carbons (Fsp3) is 0.200. The summed E-state index contributed by atoms with van der Waals surface area (Å²) in [5, 5.41) is 11.9. The number of esters is 1. The van der Waals surface area contributed by atoms with E-state index in [-0.39, 0.29) is 25.7 Å². The molecule has 0 amide bonds. The summed E-state index contributed by atoms with van der Waals surface area (Å²) in [6.07, 6.45) is 0. The number of rotatable bonds is 5. The number of carbonyl (C=O) groups excluding carboxylic acids is 1. The summed E-state index contributed by atoms with van der Waals surface area (Å²) in [6.45, 7) is 1.84. The van der Waals surface area contributed by atoms with Crippen molar-refractivity contribution in [3.63, 3.8) is 0 Å². The van der Waals surface area contributed by atoms with Crippen LogP contribution in [0.3, 0.4) is 0 Å². The van der Waals surface area contributed by atoms with E-state index in [0.717, 1.165) is 10.6 Å². The number of aromatic nitrogens is 1. The molecule has 0 N–H and O–H groups in total. The van der Waals surface area contributed by atoms with E-state index >= 15 is 0 Å². The van der Waals surface area contributed by atoms with Crippen LogP contribution >= 0.6 is 11.3 Å². The summed E-state index contributed by atoms with van der Waals surface area (Å²) in [6, 6.07) is 12.3. The molecular formula is C20H16N2O6S. The second-order valence-electron chi connectivity index (χ2n) is 6.34. The summed E-state index contributed by atoms with van der Waals surface area (Å²) >= 11 is 1.25. The molecule has 0 aliphatic carbocycles. The number of nitro groups is 1. The van der Waals surface area contributed by atoms with Crippen LogP contribution in [0.5, 0.6) is 5.75 Å². The van der Waals surface area contributed by atoms with E-state index in [4.69, 9.17) is 14.2 Å². The minimum Gasteiger partial charge on any atom is -0.467 e. The van der Waals surface area contributed by atoms with Crippen molar-refractivity contribution in [2.45, 2.75) is 20.1 Å². The zero-order valence-corrected chi connectivity index (χ0v) is 16.2. The molecular weight excluding hydrogens is 396 g/mol. The van der Waals surface area contributed by atoms with Gasteiger partial charge in [0.2, 0.25) is 0 Å². The molecule has 2 heterocycles. The maximum Gasteiger partial charge on any atom is 0.350 e. The van der Waals surface area contributed by atoms with Crippen LogP contribution < -0.4 is 4.74 Å². The Morgan fingerprint density at radius 1 is 1.31 bits per heavy atom. The molecule has 0 atom stereocenters. The van der Waals surface area contributed by atoms with Crippen molar-refractivity contribution >= 4 is 23.0 Å². The SMILES string of the molecule is Cc1nc(-c2ccccc2)sc1C(=O)OCc1cc([N+](=O)[O-])cc2c1OCOC2. The van der Waals surface area contributed by atoms with Crippen LogP contribution in [-0.4, -0.2) is 22.7 Å². The minimum absolute atomic E-state index is 0.0418. The molecule has 9 heteroatoms. The predicted molar refractivity (Wildman–Crippen MR) is 105 cm³/mol. The van der Waals surface area contributed by atoms with Crippen molar-refractivity contribution in [1.29, 1.82) is 0 Å². The van der Waals surface area contributed by atoms with Gasteiger partial charge >= 0.3 is 5.97 Å². The number of hydrogen-bond donors (Lipinski definition) is 0. The summed E-state index contributed by atoms with van der Waals surface area (Å²) in [4.78, 5) is 28.2. The van der Waals surface area contributed by atoms with E-state index in [1.165, 1.54) is 23.5 Å². The topological polar surface area (TPSA) is 101 Å². The van der Waals surface area contributed by atoms with Crippen molar-refractivity contribution < 1.29 is 23.9 Å². The molecule has 0 fully saturated rings. The van der Waals surface area contributed by atoms with E-state index in [2.05, 4.69) is 4.98 Å². The second kappa shape index (κ2) is 7.98. The highest BCUT2D eigenvalue weighted by atomic mass is 32.1. The number of nitrogens with zero attached hydrogens (tertiary/aromatic N) is 2. The van der Waals surface area contributed by atoms with E-state index in [1.54, 1.807) is 6.92 Å². The first kappa shape index (κ1) is 19.0. The number of benzene rings is 2. The van der Waals surface area contributed by atoms with Crippen LogP contribution in [0, 0.1) is 17.0 Å². The number of fused-ring (bicyclic) bond motifs is 1. The fourth-order valence-corrected chi connectivity index (χ4v) is 3.96. The summed E-state index contributed by atoms with van der Waals surface area (Å²) in [5.41, 5.74) is 2.36. The molecule has 0 saturated carbocycles. The highest BCUT2D eigenvalue weighted by molar-refractivity contribution is 7.17. The lowest BCUT2D eigenvalue weighted by Crippen LogP contribution is -2.15. The number of hydrogen-bond acceptors (Lipinski definition) is 8. The van der Waals surface area contributed by atoms with E-state index < -0.39 is 10.9 Å². The predicted octanol–water partition coefficient (Wildman–Crippen LogP) is 4.25. The van der Waals surface area contributed by atoms with Gasteiger partial charge in [-0.05, 0) is 6.92 Å². The summed E-state index contributed by atoms with van der Waals surface area (Å²) in [5.74, 6) is -0.0739. The van der Waals surface area contributed by atoms with Gasteiger partial charge in [0, 0.05) is 28.8 Å². The third-order valence-electron chi connectivity index (χ3n) is 4.34. The lowest BCUT2D eigenvalue weighted by molar-refractivity contribution is -0.385. The van der Waals surface area contributed by atoms with Crippen LogP contribution in [0.15, 0.2) is 42.5 Å². The average Bonchev–Trinajstić information content (AvgIpc) is 3.14. The molecule has 1 aliphatic heterocycles. The van der Waals surface area contributed by atoms with Crippen LogP contribution in [0.4, 0.5) is 5.69 Å². The van der Waals surface area contributed by atoms with E-state index in [0.29, 0.717) is 27.4 Å². The number of ether oxygens (including phenoxy) is 3. The Bertz CT molecular complexity index is 1080. The normalized spacial score (nSPS) is 12.7. The molecule has 148 valence electrons. The first-order chi connectivity index (χ1) is 14.0. The molecule has 0 unspecified atom stereocenters. The zero-order chi connectivity index (χ0) is 20.4. The van der Waals surface area contributed by atoms with Crippen LogP contribution in [-0.2, 0) is 22.7 Å². The van der Waals surface area contributed by atoms with E-state index in [9.17, 15) is 14.9 Å². The third kappa shape index (κ3) is 3.96. The molecule has 1 aromatic heterocycles. The molecule has 0 saturated heterocycles. The maximum absolute atomic E-state index is 12.6. The molecule has 0 spiro atoms. The molecule has 2 aromatic carbocycles. The molecule has 1 aliphatic rings. The van der Waals surface area contributed by atoms with Crippen LogP contribution in [0.25, 0.3) is 10.6 Å². The largest absolute Gasteiger partial charge is 0.467 e. The Morgan fingerprint density at radius 3 is 2.86 bits per heavy atom. The molecule has 29 heavy (non-hydrogen) atoms. The van der Waals surface area contributed by atoms with Gasteiger partial charge in [-0.1, -0.05) is 30.3 Å². The monoisotopic (exact) mass is 412 g/mol. The highest BCUT2D eigenvalue weighted by Gasteiger charge is 2.23. The number of carbonyl (C=O) groups is 1. The van der Waals surface area contributed by atoms with Gasteiger partial charge in [-0.15, -0.1) is 11.3 Å². The Kier molecular flexibility index (Phi) is 5.24. The van der Waals surface area contributed by atoms with Gasteiger partial charge in [-0.3, -0.25) is 10.1 Å². The van der Waals surface area contributed by atoms with Gasteiger partial charge in [0.1, 0.15) is 22.2 Å². The van der Waals surface area contributed by atoms with E-state index in [1.807, 2.05) is 30.3 Å². The Hall–Kier alpha value is -3.30. The molecule has 0 bridgehead atoms. The smallest absolute Gasteiger partial charge is 0.350 e. The van der Waals surface area contributed by atoms with Crippen LogP contribution in [0.1, 0.15) is 26.5 Å². The Balaban J connectivity index is 1.55. The lowest BCUT2D eigenvalue weighted by atomic mass is 10.1. The Morgan fingerprint density at radius 2 is 2.10 bits per heavy atom. The fourth-order valence-electron chi connectivity index (χ4n) is 2.99. The van der Waals surface area contributed by atoms with Gasteiger partial charge in [0.15, 0.2) is 6.79 Å². The summed E-state index contributed by atoms with van der Waals surface area (Å²) < 4.78 is 16.1. The number of nitro benzene ring substituents is 1. The number of thiazole rings is 1. The van der Waals surface area contributed by atoms with Gasteiger partial charge in [0.05, 0.1) is 17.2 Å². The van der Waals surface area contributed by atoms with Gasteiger partial charge in [-0.2, -0.15) is 0 Å². The minimum atomic E-state index is -0.533. The van der Waals surface area contributed by atoms with Crippen molar-refractivity contribution in [1.82, 2.24) is 4.98 Å². The van der Waals surface area contributed by atoms with Crippen molar-refractivity contribution in [2.24, 2.45) is 0 Å². The highest BCUT2D eigenvalue weighted by Crippen LogP contribution is 2.34. The quantitative estimate of drug-likeness (QED) is 0.351. The first-order valence-electron chi connectivity index (χ1n) is 8.73. The van der Waals surface area contributed by atoms with Crippen molar-refractivity contribution in [2.75, 3.05) is 6.79 Å². The average molecular weight is 412 g/mol. The zero-order valence-electron chi connectivity index (χ0n) is 15.4.